The molecule has 3 aromatic rings. The van der Waals surface area contributed by atoms with Gasteiger partial charge in [0.2, 0.25) is 0 Å². The Balaban J connectivity index is 1.59. The Kier molecular flexibility index (Phi) is 4.96. The Morgan fingerprint density at radius 1 is 1.18 bits per heavy atom. The van der Waals surface area contributed by atoms with Crippen molar-refractivity contribution < 1.29 is 14.3 Å². The molecule has 0 spiro atoms. The van der Waals surface area contributed by atoms with Gasteiger partial charge in [-0.3, -0.25) is 9.78 Å². The van der Waals surface area contributed by atoms with Crippen molar-refractivity contribution in [2.45, 2.75) is 32.3 Å². The van der Waals surface area contributed by atoms with Crippen LogP contribution in [0.25, 0.3) is 10.9 Å². The fraction of sp³-hybridized carbons (Fsp3) is 0.238. The molecule has 0 fully saturated rings. The van der Waals surface area contributed by atoms with E-state index >= 15 is 0 Å². The standard InChI is InChI=1S/C21H18ClN3O3/c1-12(20(26)25-17-10-5-11-23-19(17)22)28-21(27)18-13-6-2-3-8-15(13)24-16-9-4-7-14(16)18/h2-3,5-6,8,10-12H,4,7,9H2,1H3,(H,25,26)/t12-/m0/s1. The van der Waals surface area contributed by atoms with Gasteiger partial charge in [-0.05, 0) is 49.9 Å². The second-order valence-electron chi connectivity index (χ2n) is 6.66. The third-order valence-electron chi connectivity index (χ3n) is 4.79. The van der Waals surface area contributed by atoms with Crippen molar-refractivity contribution in [3.05, 3.63) is 64.6 Å². The molecule has 0 saturated heterocycles. The summed E-state index contributed by atoms with van der Waals surface area (Å²) < 4.78 is 5.50. The quantitative estimate of drug-likeness (QED) is 0.534. The number of halogens is 1. The number of aromatic nitrogens is 2. The fourth-order valence-electron chi connectivity index (χ4n) is 3.43. The summed E-state index contributed by atoms with van der Waals surface area (Å²) in [5.74, 6) is -0.991. The number of esters is 1. The van der Waals surface area contributed by atoms with Crippen LogP contribution >= 0.6 is 11.6 Å². The second-order valence-corrected chi connectivity index (χ2v) is 7.02. The van der Waals surface area contributed by atoms with Gasteiger partial charge in [-0.1, -0.05) is 29.8 Å². The molecule has 2 aromatic heterocycles. The molecule has 2 heterocycles. The molecule has 1 atom stereocenters. The highest BCUT2D eigenvalue weighted by atomic mass is 35.5. The SMILES string of the molecule is C[C@H](OC(=O)c1c2c(nc3ccccc13)CCC2)C(=O)Nc1cccnc1Cl. The van der Waals surface area contributed by atoms with Gasteiger partial charge in [0.15, 0.2) is 11.3 Å². The number of anilines is 1. The number of hydrogen-bond acceptors (Lipinski definition) is 5. The molecule has 0 aliphatic heterocycles. The third-order valence-corrected chi connectivity index (χ3v) is 5.09. The van der Waals surface area contributed by atoms with Crippen LogP contribution in [0.5, 0.6) is 0 Å². The topological polar surface area (TPSA) is 81.2 Å². The van der Waals surface area contributed by atoms with E-state index < -0.39 is 18.0 Å². The van der Waals surface area contributed by atoms with Crippen LogP contribution in [0.2, 0.25) is 5.15 Å². The molecule has 4 rings (SSSR count). The molecule has 142 valence electrons. The van der Waals surface area contributed by atoms with Gasteiger partial charge in [0, 0.05) is 17.3 Å². The number of nitrogens with zero attached hydrogens (tertiary/aromatic N) is 2. The van der Waals surface area contributed by atoms with Gasteiger partial charge < -0.3 is 10.1 Å². The lowest BCUT2D eigenvalue weighted by atomic mass is 10.0. The van der Waals surface area contributed by atoms with E-state index in [1.54, 1.807) is 12.1 Å². The largest absolute Gasteiger partial charge is 0.449 e. The van der Waals surface area contributed by atoms with Gasteiger partial charge in [0.25, 0.3) is 5.91 Å². The van der Waals surface area contributed by atoms with Gasteiger partial charge in [-0.15, -0.1) is 0 Å². The van der Waals surface area contributed by atoms with Gasteiger partial charge in [0.1, 0.15) is 0 Å². The zero-order valence-corrected chi connectivity index (χ0v) is 16.0. The molecule has 1 aliphatic rings. The molecular formula is C21H18ClN3O3. The number of fused-ring (bicyclic) bond motifs is 2. The number of carbonyl (C=O) groups is 2. The minimum Gasteiger partial charge on any atom is -0.449 e. The van der Waals surface area contributed by atoms with Crippen LogP contribution in [0.1, 0.15) is 35.0 Å². The summed E-state index contributed by atoms with van der Waals surface area (Å²) in [4.78, 5) is 34.0. The molecule has 6 nitrogen and oxygen atoms in total. The van der Waals surface area contributed by atoms with E-state index in [-0.39, 0.29) is 5.15 Å². The molecule has 1 N–H and O–H groups in total. The number of hydrogen-bond donors (Lipinski definition) is 1. The van der Waals surface area contributed by atoms with Crippen LogP contribution in [-0.2, 0) is 22.4 Å². The van der Waals surface area contributed by atoms with Crippen LogP contribution < -0.4 is 5.32 Å². The molecule has 28 heavy (non-hydrogen) atoms. The highest BCUT2D eigenvalue weighted by molar-refractivity contribution is 6.32. The van der Waals surface area contributed by atoms with Gasteiger partial charge >= 0.3 is 5.97 Å². The maximum Gasteiger partial charge on any atom is 0.339 e. The lowest BCUT2D eigenvalue weighted by Crippen LogP contribution is -2.30. The van der Waals surface area contributed by atoms with Crippen LogP contribution in [0.15, 0.2) is 42.6 Å². The van der Waals surface area contributed by atoms with Crippen LogP contribution in [0, 0.1) is 0 Å². The molecule has 1 aliphatic carbocycles. The maximum absolute atomic E-state index is 13.0. The molecule has 0 radical (unpaired) electrons. The Labute approximate surface area is 166 Å². The van der Waals surface area contributed by atoms with E-state index in [2.05, 4.69) is 15.3 Å². The monoisotopic (exact) mass is 395 g/mol. The van der Waals surface area contributed by atoms with Crippen molar-refractivity contribution in [2.75, 3.05) is 5.32 Å². The van der Waals surface area contributed by atoms with Gasteiger partial charge in [0.05, 0.1) is 16.8 Å². The predicted octanol–water partition coefficient (Wildman–Crippen LogP) is 3.96. The van der Waals surface area contributed by atoms with Crippen molar-refractivity contribution in [1.29, 1.82) is 0 Å². The summed E-state index contributed by atoms with van der Waals surface area (Å²) >= 11 is 5.96. The minimum atomic E-state index is -0.993. The Hall–Kier alpha value is -2.99. The highest BCUT2D eigenvalue weighted by Gasteiger charge is 2.27. The normalized spacial score (nSPS) is 13.8. The summed E-state index contributed by atoms with van der Waals surface area (Å²) in [5.41, 5.74) is 3.50. The Bertz CT molecular complexity index is 1080. The van der Waals surface area contributed by atoms with Crippen molar-refractivity contribution in [1.82, 2.24) is 9.97 Å². The molecule has 1 aromatic carbocycles. The average Bonchev–Trinajstić information content (AvgIpc) is 3.15. The first-order chi connectivity index (χ1) is 13.5. The first kappa shape index (κ1) is 18.4. The molecular weight excluding hydrogens is 378 g/mol. The van der Waals surface area contributed by atoms with Crippen molar-refractivity contribution in [2.24, 2.45) is 0 Å². The molecule has 0 bridgehead atoms. The predicted molar refractivity (Wildman–Crippen MR) is 107 cm³/mol. The van der Waals surface area contributed by atoms with E-state index in [4.69, 9.17) is 16.3 Å². The Morgan fingerprint density at radius 2 is 2.00 bits per heavy atom. The third kappa shape index (κ3) is 3.43. The Morgan fingerprint density at radius 3 is 2.82 bits per heavy atom. The fourth-order valence-corrected chi connectivity index (χ4v) is 3.60. The van der Waals surface area contributed by atoms with Gasteiger partial charge in [-0.2, -0.15) is 0 Å². The number of para-hydroxylation sites is 1. The van der Waals surface area contributed by atoms with Gasteiger partial charge in [-0.25, -0.2) is 9.78 Å². The molecule has 1 amide bonds. The second kappa shape index (κ2) is 7.56. The number of pyridine rings is 2. The van der Waals surface area contributed by atoms with E-state index in [0.717, 1.165) is 41.4 Å². The molecule has 7 heteroatoms. The number of aryl methyl sites for hydroxylation is 1. The summed E-state index contributed by atoms with van der Waals surface area (Å²) in [6, 6.07) is 10.8. The van der Waals surface area contributed by atoms with E-state index in [0.29, 0.717) is 11.3 Å². The number of rotatable bonds is 4. The average molecular weight is 396 g/mol. The van der Waals surface area contributed by atoms with Crippen molar-refractivity contribution in [3.8, 4) is 0 Å². The number of benzene rings is 1. The maximum atomic E-state index is 13.0. The first-order valence-corrected chi connectivity index (χ1v) is 9.45. The van der Waals surface area contributed by atoms with Crippen LogP contribution in [0.4, 0.5) is 5.69 Å². The number of ether oxygens (including phenoxy) is 1. The smallest absolute Gasteiger partial charge is 0.339 e. The lowest BCUT2D eigenvalue weighted by molar-refractivity contribution is -0.123. The van der Waals surface area contributed by atoms with Crippen LogP contribution in [-0.4, -0.2) is 27.9 Å². The van der Waals surface area contributed by atoms with E-state index in [1.807, 2.05) is 24.3 Å². The summed E-state index contributed by atoms with van der Waals surface area (Å²) in [5, 5.41) is 3.55. The number of nitrogens with one attached hydrogen (secondary N) is 1. The van der Waals surface area contributed by atoms with Crippen LogP contribution in [0.3, 0.4) is 0 Å². The van der Waals surface area contributed by atoms with Crippen molar-refractivity contribution in [3.63, 3.8) is 0 Å². The zero-order chi connectivity index (χ0) is 19.7. The summed E-state index contributed by atoms with van der Waals surface area (Å²) in [7, 11) is 0. The van der Waals surface area contributed by atoms with E-state index in [9.17, 15) is 9.59 Å². The number of carbonyl (C=O) groups excluding carboxylic acids is 2. The van der Waals surface area contributed by atoms with E-state index in [1.165, 1.54) is 13.1 Å². The minimum absolute atomic E-state index is 0.173. The first-order valence-electron chi connectivity index (χ1n) is 9.07. The lowest BCUT2D eigenvalue weighted by Gasteiger charge is -2.16. The van der Waals surface area contributed by atoms with Crippen molar-refractivity contribution >= 4 is 40.1 Å². The highest BCUT2D eigenvalue weighted by Crippen LogP contribution is 2.30. The molecule has 0 saturated carbocycles. The summed E-state index contributed by atoms with van der Waals surface area (Å²) in [6.07, 6.45) is 3.11. The zero-order valence-electron chi connectivity index (χ0n) is 15.2. The summed E-state index contributed by atoms with van der Waals surface area (Å²) in [6.45, 7) is 1.53. The molecule has 0 unspecified atom stereocenters. The number of amides is 1.